The van der Waals surface area contributed by atoms with Crippen LogP contribution in [0.5, 0.6) is 0 Å². The van der Waals surface area contributed by atoms with Gasteiger partial charge in [0.1, 0.15) is 0 Å². The van der Waals surface area contributed by atoms with Gasteiger partial charge in [-0.05, 0) is 32.7 Å². The van der Waals surface area contributed by atoms with Gasteiger partial charge in [-0.1, -0.05) is 12.1 Å². The quantitative estimate of drug-likeness (QED) is 0.829. The molecule has 0 spiro atoms. The molecule has 0 radical (unpaired) electrons. The molecule has 2 heterocycles. The van der Waals surface area contributed by atoms with Gasteiger partial charge in [-0.3, -0.25) is 4.79 Å². The fourth-order valence-electron chi connectivity index (χ4n) is 2.63. The molecule has 1 saturated heterocycles. The molecule has 120 valence electrons. The number of aryl methyl sites for hydroxylation is 2. The molecule has 0 aliphatic carbocycles. The molecule has 21 heavy (non-hydrogen) atoms. The van der Waals surface area contributed by atoms with Gasteiger partial charge in [0, 0.05) is 32.0 Å². The van der Waals surface area contributed by atoms with Crippen LogP contribution in [0.2, 0.25) is 0 Å². The molecule has 6 nitrogen and oxygen atoms in total. The molecule has 1 N–H and O–H groups in total. The highest BCUT2D eigenvalue weighted by atomic mass is 35.5. The van der Waals surface area contributed by atoms with E-state index in [-0.39, 0.29) is 18.3 Å². The molecule has 2 rings (SSSR count). The number of aromatic nitrogens is 2. The van der Waals surface area contributed by atoms with Crippen molar-refractivity contribution in [1.82, 2.24) is 20.4 Å². The molecule has 1 amide bonds. The Morgan fingerprint density at radius 2 is 2.33 bits per heavy atom. The van der Waals surface area contributed by atoms with Crippen LogP contribution >= 0.6 is 12.4 Å². The van der Waals surface area contributed by atoms with Crippen LogP contribution in [0.1, 0.15) is 44.3 Å². The number of halogens is 1. The minimum atomic E-state index is 0. The van der Waals surface area contributed by atoms with E-state index >= 15 is 0 Å². The normalized spacial score (nSPS) is 17.5. The third-order valence-corrected chi connectivity index (χ3v) is 3.61. The second-order valence-corrected chi connectivity index (χ2v) is 5.32. The summed E-state index contributed by atoms with van der Waals surface area (Å²) in [7, 11) is 0. The average molecular weight is 317 g/mol. The van der Waals surface area contributed by atoms with Crippen LogP contribution < -0.4 is 5.32 Å². The van der Waals surface area contributed by atoms with Crippen molar-refractivity contribution in [3.05, 3.63) is 11.7 Å². The second-order valence-electron chi connectivity index (χ2n) is 5.32. The second kappa shape index (κ2) is 9.00. The maximum absolute atomic E-state index is 12.3. The number of amides is 1. The van der Waals surface area contributed by atoms with Crippen LogP contribution in [0, 0.1) is 6.92 Å². The lowest BCUT2D eigenvalue weighted by atomic mass is 10.1. The zero-order valence-electron chi connectivity index (χ0n) is 12.8. The Bertz CT molecular complexity index is 432. The van der Waals surface area contributed by atoms with Crippen molar-refractivity contribution in [3.8, 4) is 0 Å². The molecule has 0 saturated carbocycles. The third kappa shape index (κ3) is 5.28. The van der Waals surface area contributed by atoms with Gasteiger partial charge in [0.2, 0.25) is 11.8 Å². The summed E-state index contributed by atoms with van der Waals surface area (Å²) in [5, 5.41) is 7.08. The summed E-state index contributed by atoms with van der Waals surface area (Å²) in [4.78, 5) is 18.5. The fourth-order valence-corrected chi connectivity index (χ4v) is 2.63. The molecular formula is C14H25ClN4O2. The number of hydrogen-bond acceptors (Lipinski definition) is 5. The third-order valence-electron chi connectivity index (χ3n) is 3.61. The summed E-state index contributed by atoms with van der Waals surface area (Å²) in [5.41, 5.74) is 0. The van der Waals surface area contributed by atoms with Crippen molar-refractivity contribution in [2.45, 2.75) is 52.0 Å². The molecular weight excluding hydrogens is 292 g/mol. The maximum Gasteiger partial charge on any atom is 0.226 e. The highest BCUT2D eigenvalue weighted by Gasteiger charge is 2.25. The van der Waals surface area contributed by atoms with Crippen LogP contribution in [0.25, 0.3) is 0 Å². The topological polar surface area (TPSA) is 71.3 Å². The molecule has 1 aliphatic heterocycles. The Labute approximate surface area is 132 Å². The van der Waals surface area contributed by atoms with Crippen molar-refractivity contribution < 1.29 is 9.32 Å². The Kier molecular flexibility index (Phi) is 7.67. The lowest BCUT2D eigenvalue weighted by molar-refractivity contribution is -0.133. The number of carbonyl (C=O) groups is 1. The van der Waals surface area contributed by atoms with Crippen molar-refractivity contribution in [1.29, 1.82) is 0 Å². The summed E-state index contributed by atoms with van der Waals surface area (Å²) in [6.07, 6.45) is 4.06. The van der Waals surface area contributed by atoms with E-state index in [1.54, 1.807) is 6.92 Å². The summed E-state index contributed by atoms with van der Waals surface area (Å²) >= 11 is 0. The van der Waals surface area contributed by atoms with E-state index in [0.29, 0.717) is 30.6 Å². The van der Waals surface area contributed by atoms with Crippen LogP contribution in [0.3, 0.4) is 0 Å². The number of nitrogens with one attached hydrogen (secondary N) is 1. The zero-order chi connectivity index (χ0) is 14.4. The standard InChI is InChI=1S/C14H24N4O2.ClH/c1-3-9-18(12-7-8-15-10-12)14(19)6-4-5-13-16-11(2)17-20-13;/h12,15H,3-10H2,1-2H3;1H. The summed E-state index contributed by atoms with van der Waals surface area (Å²) in [6.45, 7) is 6.71. The molecule has 1 atom stereocenters. The van der Waals surface area contributed by atoms with E-state index in [0.717, 1.165) is 38.9 Å². The summed E-state index contributed by atoms with van der Waals surface area (Å²) in [5.74, 6) is 1.52. The van der Waals surface area contributed by atoms with Gasteiger partial charge in [-0.2, -0.15) is 4.98 Å². The van der Waals surface area contributed by atoms with E-state index in [4.69, 9.17) is 4.52 Å². The maximum atomic E-state index is 12.3. The number of rotatable bonds is 7. The lowest BCUT2D eigenvalue weighted by Crippen LogP contribution is -2.42. The molecule has 0 bridgehead atoms. The first-order valence-corrected chi connectivity index (χ1v) is 7.50. The molecule has 7 heteroatoms. The van der Waals surface area contributed by atoms with Gasteiger partial charge in [0.05, 0.1) is 0 Å². The fraction of sp³-hybridized carbons (Fsp3) is 0.786. The Morgan fingerprint density at radius 3 is 2.90 bits per heavy atom. The lowest BCUT2D eigenvalue weighted by Gasteiger charge is -2.28. The van der Waals surface area contributed by atoms with Crippen LogP contribution in [0.15, 0.2) is 4.52 Å². The highest BCUT2D eigenvalue weighted by Crippen LogP contribution is 2.13. The number of hydrogen-bond donors (Lipinski definition) is 1. The van der Waals surface area contributed by atoms with E-state index in [1.807, 2.05) is 4.90 Å². The van der Waals surface area contributed by atoms with Crippen molar-refractivity contribution >= 4 is 18.3 Å². The minimum absolute atomic E-state index is 0. The highest BCUT2D eigenvalue weighted by molar-refractivity contribution is 5.85. The SMILES string of the molecule is CCCN(C(=O)CCCc1nc(C)no1)C1CCNC1.Cl. The van der Waals surface area contributed by atoms with Crippen LogP contribution in [-0.4, -0.2) is 46.6 Å². The zero-order valence-corrected chi connectivity index (χ0v) is 13.6. The van der Waals surface area contributed by atoms with Gasteiger partial charge < -0.3 is 14.7 Å². The molecule has 1 aromatic rings. The van der Waals surface area contributed by atoms with Crippen molar-refractivity contribution in [2.75, 3.05) is 19.6 Å². The van der Waals surface area contributed by atoms with Gasteiger partial charge in [-0.15, -0.1) is 12.4 Å². The molecule has 0 aromatic carbocycles. The first-order chi connectivity index (χ1) is 9.70. The molecule has 1 fully saturated rings. The number of carbonyl (C=O) groups excluding carboxylic acids is 1. The predicted molar refractivity (Wildman–Crippen MR) is 82.5 cm³/mol. The molecule has 1 aromatic heterocycles. The van der Waals surface area contributed by atoms with Crippen molar-refractivity contribution in [3.63, 3.8) is 0 Å². The van der Waals surface area contributed by atoms with E-state index in [2.05, 4.69) is 22.4 Å². The van der Waals surface area contributed by atoms with E-state index in [9.17, 15) is 4.79 Å². The van der Waals surface area contributed by atoms with Crippen molar-refractivity contribution in [2.24, 2.45) is 0 Å². The Hall–Kier alpha value is -1.14. The van der Waals surface area contributed by atoms with Crippen LogP contribution in [0.4, 0.5) is 0 Å². The molecule has 1 aliphatic rings. The summed E-state index contributed by atoms with van der Waals surface area (Å²) < 4.78 is 5.06. The number of nitrogens with zero attached hydrogens (tertiary/aromatic N) is 3. The van der Waals surface area contributed by atoms with Gasteiger partial charge in [0.25, 0.3) is 0 Å². The first-order valence-electron chi connectivity index (χ1n) is 7.50. The average Bonchev–Trinajstić information content (AvgIpc) is 3.07. The van der Waals surface area contributed by atoms with E-state index < -0.39 is 0 Å². The van der Waals surface area contributed by atoms with E-state index in [1.165, 1.54) is 0 Å². The largest absolute Gasteiger partial charge is 0.339 e. The smallest absolute Gasteiger partial charge is 0.226 e. The van der Waals surface area contributed by atoms with Gasteiger partial charge in [0.15, 0.2) is 5.82 Å². The Morgan fingerprint density at radius 1 is 1.52 bits per heavy atom. The Balaban J connectivity index is 0.00000220. The molecule has 1 unspecified atom stereocenters. The van der Waals surface area contributed by atoms with Crippen LogP contribution in [-0.2, 0) is 11.2 Å². The van der Waals surface area contributed by atoms with Gasteiger partial charge in [-0.25, -0.2) is 0 Å². The summed E-state index contributed by atoms with van der Waals surface area (Å²) in [6, 6.07) is 0.369. The minimum Gasteiger partial charge on any atom is -0.339 e. The monoisotopic (exact) mass is 316 g/mol. The first kappa shape index (κ1) is 17.9. The van der Waals surface area contributed by atoms with Gasteiger partial charge >= 0.3 is 0 Å². The predicted octanol–water partition coefficient (Wildman–Crippen LogP) is 1.72.